The first-order valence-electron chi connectivity index (χ1n) is 34.3. The van der Waals surface area contributed by atoms with Gasteiger partial charge in [0.05, 0.1) is 0 Å². The van der Waals surface area contributed by atoms with Crippen molar-refractivity contribution in [1.82, 2.24) is 0 Å². The van der Waals surface area contributed by atoms with Crippen LogP contribution in [0, 0.1) is 0 Å². The van der Waals surface area contributed by atoms with Gasteiger partial charge >= 0.3 is 17.9 Å². The highest BCUT2D eigenvalue weighted by molar-refractivity contribution is 5.71. The molecule has 0 aliphatic heterocycles. The van der Waals surface area contributed by atoms with E-state index in [1.807, 2.05) is 6.08 Å². The molecule has 0 N–H and O–H groups in total. The number of ether oxygens (including phenoxy) is 3. The molecule has 0 bridgehead atoms. The van der Waals surface area contributed by atoms with Crippen molar-refractivity contribution in [3.63, 3.8) is 0 Å². The second-order valence-corrected chi connectivity index (χ2v) is 22.3. The molecule has 0 saturated heterocycles. The van der Waals surface area contributed by atoms with E-state index in [-0.39, 0.29) is 37.5 Å². The van der Waals surface area contributed by atoms with Crippen molar-refractivity contribution in [2.24, 2.45) is 0 Å². The normalized spacial score (nSPS) is 13.0. The summed E-state index contributed by atoms with van der Waals surface area (Å²) in [6.07, 6.45) is 100. The van der Waals surface area contributed by atoms with E-state index < -0.39 is 6.10 Å². The van der Waals surface area contributed by atoms with E-state index >= 15 is 0 Å². The monoisotopic (exact) mass is 1150 g/mol. The summed E-state index contributed by atoms with van der Waals surface area (Å²) in [5.74, 6) is -0.998. The maximum absolute atomic E-state index is 12.9. The van der Waals surface area contributed by atoms with Crippen LogP contribution < -0.4 is 0 Å². The van der Waals surface area contributed by atoms with Gasteiger partial charge in [-0.25, -0.2) is 0 Å². The van der Waals surface area contributed by atoms with Gasteiger partial charge in [0.15, 0.2) is 6.10 Å². The van der Waals surface area contributed by atoms with Gasteiger partial charge in [0.1, 0.15) is 13.2 Å². The Bertz CT molecular complexity index is 1800. The first kappa shape index (κ1) is 78.3. The molecule has 0 amide bonds. The van der Waals surface area contributed by atoms with Gasteiger partial charge in [-0.2, -0.15) is 0 Å². The van der Waals surface area contributed by atoms with Gasteiger partial charge in [0, 0.05) is 19.3 Å². The summed E-state index contributed by atoms with van der Waals surface area (Å²) in [6.45, 7) is 6.34. The molecule has 0 saturated carbocycles. The van der Waals surface area contributed by atoms with Crippen LogP contribution in [0.5, 0.6) is 0 Å². The Morgan fingerprint density at radius 1 is 0.253 bits per heavy atom. The van der Waals surface area contributed by atoms with Gasteiger partial charge in [-0.1, -0.05) is 301 Å². The summed E-state index contributed by atoms with van der Waals surface area (Å²) < 4.78 is 16.9. The molecule has 83 heavy (non-hydrogen) atoms. The molecule has 0 fully saturated rings. The van der Waals surface area contributed by atoms with Crippen molar-refractivity contribution in [3.05, 3.63) is 146 Å². The van der Waals surface area contributed by atoms with Crippen molar-refractivity contribution in [3.8, 4) is 0 Å². The van der Waals surface area contributed by atoms with E-state index in [1.54, 1.807) is 0 Å². The zero-order valence-corrected chi connectivity index (χ0v) is 53.9. The standard InChI is InChI=1S/C77H126O6/c1-4-7-10-13-16-19-22-25-27-29-31-33-35-37-38-40-41-43-45-47-49-52-55-58-61-64-67-70-76(79)82-73-74(72-81-75(78)69-66-63-60-57-54-51-24-21-18-15-12-9-6-3)83-77(80)71-68-65-62-59-56-53-50-48-46-44-42-39-36-34-32-30-28-26-23-20-17-14-11-8-5-2/h7,9-10,12,16,18-19,21,23,25-27,30-33,37-38,41,43,51,54,60,63,74H,4-6,8,11,13-15,17,20,22,24,28-29,34-36,39-40,42,44-50,52-53,55-59,61-62,64-73H2,1-3H3/b10-7-,12-9-,19-16-,21-18-,26-23-,27-25-,32-30-,33-31-,38-37-,43-41-,54-51-,63-60-. The molecule has 6 heteroatoms. The highest BCUT2D eigenvalue weighted by atomic mass is 16.6. The maximum Gasteiger partial charge on any atom is 0.306 e. The number of allylic oxidation sites excluding steroid dienone is 24. The van der Waals surface area contributed by atoms with Crippen LogP contribution in [0.2, 0.25) is 0 Å². The Morgan fingerprint density at radius 3 is 0.807 bits per heavy atom. The minimum Gasteiger partial charge on any atom is -0.462 e. The third-order valence-corrected chi connectivity index (χ3v) is 14.3. The van der Waals surface area contributed by atoms with Crippen molar-refractivity contribution < 1.29 is 28.6 Å². The Labute approximate surface area is 512 Å². The number of carbonyl (C=O) groups excluding carboxylic acids is 3. The first-order chi connectivity index (χ1) is 41.0. The lowest BCUT2D eigenvalue weighted by Gasteiger charge is -2.18. The van der Waals surface area contributed by atoms with Crippen LogP contribution in [0.4, 0.5) is 0 Å². The molecule has 1 unspecified atom stereocenters. The van der Waals surface area contributed by atoms with E-state index in [0.29, 0.717) is 19.3 Å². The van der Waals surface area contributed by atoms with Gasteiger partial charge in [0.25, 0.3) is 0 Å². The molecule has 0 aliphatic rings. The summed E-state index contributed by atoms with van der Waals surface area (Å²) >= 11 is 0. The van der Waals surface area contributed by atoms with E-state index in [9.17, 15) is 14.4 Å². The summed E-state index contributed by atoms with van der Waals surface area (Å²) in [7, 11) is 0. The van der Waals surface area contributed by atoms with Crippen LogP contribution >= 0.6 is 0 Å². The summed E-state index contributed by atoms with van der Waals surface area (Å²) in [6, 6.07) is 0. The topological polar surface area (TPSA) is 78.9 Å². The highest BCUT2D eigenvalue weighted by Crippen LogP contribution is 2.16. The Morgan fingerprint density at radius 2 is 0.494 bits per heavy atom. The van der Waals surface area contributed by atoms with E-state index in [1.165, 1.54) is 141 Å². The molecule has 6 nitrogen and oxygen atoms in total. The van der Waals surface area contributed by atoms with Crippen molar-refractivity contribution in [2.45, 2.75) is 309 Å². The molecular formula is C77H126O6. The molecule has 0 radical (unpaired) electrons. The largest absolute Gasteiger partial charge is 0.462 e. The number of carbonyl (C=O) groups is 3. The molecule has 470 valence electrons. The van der Waals surface area contributed by atoms with Gasteiger partial charge in [-0.15, -0.1) is 0 Å². The number of hydrogen-bond acceptors (Lipinski definition) is 6. The number of esters is 3. The second kappa shape index (κ2) is 69.8. The molecule has 0 aromatic carbocycles. The average molecular weight is 1150 g/mol. The van der Waals surface area contributed by atoms with E-state index in [4.69, 9.17) is 14.2 Å². The third kappa shape index (κ3) is 68.0. The lowest BCUT2D eigenvalue weighted by Crippen LogP contribution is -2.30. The van der Waals surface area contributed by atoms with Gasteiger partial charge in [-0.05, 0) is 128 Å². The quantitative estimate of drug-likeness (QED) is 0.0261. The Balaban J connectivity index is 4.37. The average Bonchev–Trinajstić information content (AvgIpc) is 3.49. The van der Waals surface area contributed by atoms with Crippen LogP contribution in [0.15, 0.2) is 146 Å². The van der Waals surface area contributed by atoms with Crippen molar-refractivity contribution in [2.75, 3.05) is 13.2 Å². The zero-order valence-electron chi connectivity index (χ0n) is 53.9. The minimum atomic E-state index is -0.818. The van der Waals surface area contributed by atoms with Crippen molar-refractivity contribution >= 4 is 17.9 Å². The van der Waals surface area contributed by atoms with Crippen LogP contribution in [0.3, 0.4) is 0 Å². The van der Waals surface area contributed by atoms with Crippen molar-refractivity contribution in [1.29, 1.82) is 0 Å². The molecule has 0 aliphatic carbocycles. The van der Waals surface area contributed by atoms with Crippen LogP contribution in [-0.4, -0.2) is 37.2 Å². The summed E-state index contributed by atoms with van der Waals surface area (Å²) in [5, 5.41) is 0. The minimum absolute atomic E-state index is 0.109. The summed E-state index contributed by atoms with van der Waals surface area (Å²) in [5.41, 5.74) is 0. The van der Waals surface area contributed by atoms with Crippen LogP contribution in [-0.2, 0) is 28.6 Å². The highest BCUT2D eigenvalue weighted by Gasteiger charge is 2.19. The van der Waals surface area contributed by atoms with E-state index in [2.05, 4.69) is 161 Å². The molecule has 1 atom stereocenters. The van der Waals surface area contributed by atoms with Gasteiger partial charge in [-0.3, -0.25) is 14.4 Å². The second-order valence-electron chi connectivity index (χ2n) is 22.3. The summed E-state index contributed by atoms with van der Waals surface area (Å²) in [4.78, 5) is 38.4. The molecule has 0 aromatic heterocycles. The lowest BCUT2D eigenvalue weighted by molar-refractivity contribution is -0.166. The molecule has 0 rings (SSSR count). The predicted octanol–water partition coefficient (Wildman–Crippen LogP) is 23.9. The molecular weight excluding hydrogens is 1020 g/mol. The molecule has 0 aromatic rings. The maximum atomic E-state index is 12.9. The van der Waals surface area contributed by atoms with Gasteiger partial charge < -0.3 is 14.2 Å². The number of rotatable bonds is 61. The zero-order chi connectivity index (χ0) is 59.9. The lowest BCUT2D eigenvalue weighted by atomic mass is 10.0. The number of hydrogen-bond donors (Lipinski definition) is 0. The first-order valence-corrected chi connectivity index (χ1v) is 34.3. The Hall–Kier alpha value is -4.71. The predicted molar refractivity (Wildman–Crippen MR) is 362 cm³/mol. The number of unbranched alkanes of at least 4 members (excludes halogenated alkanes) is 26. The fraction of sp³-hybridized carbons (Fsp3) is 0.649. The third-order valence-electron chi connectivity index (χ3n) is 14.3. The van der Waals surface area contributed by atoms with E-state index in [0.717, 1.165) is 116 Å². The van der Waals surface area contributed by atoms with Crippen LogP contribution in [0.1, 0.15) is 303 Å². The Kier molecular flexibility index (Phi) is 65.8. The fourth-order valence-electron chi connectivity index (χ4n) is 9.26. The van der Waals surface area contributed by atoms with Crippen LogP contribution in [0.25, 0.3) is 0 Å². The molecule has 0 heterocycles. The molecule has 0 spiro atoms. The fourth-order valence-corrected chi connectivity index (χ4v) is 9.26. The SMILES string of the molecule is CC/C=C\C/C=C\C/C=C\C/C=C\C/C=C\C/C=C\CCCCCCCCCCC(=O)OCC(COC(=O)CC/C=C\C/C=C\C/C=C\C/C=C\CC)OC(=O)CCCCCCCCCCCCCCC/C=C\C/C=C\CCCCCCC. The smallest absolute Gasteiger partial charge is 0.306 e. The van der Waals surface area contributed by atoms with Gasteiger partial charge in [0.2, 0.25) is 0 Å².